The summed E-state index contributed by atoms with van der Waals surface area (Å²) in [6.07, 6.45) is 4.09. The first-order valence-electron chi connectivity index (χ1n) is 5.66. The maximum Gasteiger partial charge on any atom is 0.374 e. The first-order chi connectivity index (χ1) is 7.98. The third kappa shape index (κ3) is 2.00. The van der Waals surface area contributed by atoms with Crippen molar-refractivity contribution in [1.82, 2.24) is 9.07 Å². The average molecular weight is 256 g/mol. The van der Waals surface area contributed by atoms with Crippen LogP contribution in [-0.2, 0) is 0 Å². The lowest BCUT2D eigenvalue weighted by Gasteiger charge is -2.30. The number of hydrogen-bond acceptors (Lipinski definition) is 3. The monoisotopic (exact) mass is 255 g/mol. The molecule has 0 aliphatic carbocycles. The van der Waals surface area contributed by atoms with E-state index in [1.807, 2.05) is 7.05 Å². The van der Waals surface area contributed by atoms with Gasteiger partial charge in [-0.15, -0.1) is 0 Å². The fourth-order valence-corrected chi connectivity index (χ4v) is 2.14. The smallest absolute Gasteiger partial charge is 0.224 e. The van der Waals surface area contributed by atoms with Gasteiger partial charge in [0.25, 0.3) is 0 Å². The van der Waals surface area contributed by atoms with E-state index in [4.69, 9.17) is 11.8 Å². The summed E-state index contributed by atoms with van der Waals surface area (Å²) < 4.78 is 1.41. The van der Waals surface area contributed by atoms with Crippen LogP contribution in [0.4, 0.5) is 5.82 Å². The highest BCUT2D eigenvalue weighted by atomic mass is 35.5. The number of fused-ring (bicyclic) bond motifs is 1. The Bertz CT molecular complexity index is 482. The maximum absolute atomic E-state index is 12.3. The number of nitrogens with zero attached hydrogens (tertiary/aromatic N) is 4. The number of hydrogen-bond donors (Lipinski definition) is 0. The number of aliphatic imine (C=N–C) groups is 1. The number of carbonyl (C=O) groups excluding carboxylic acids is 1. The first kappa shape index (κ1) is 12.3. The minimum Gasteiger partial charge on any atom is -0.224 e. The van der Waals surface area contributed by atoms with Gasteiger partial charge in [0.15, 0.2) is 12.2 Å². The molecule has 0 radical (unpaired) electrons. The highest BCUT2D eigenvalue weighted by Crippen LogP contribution is 2.27. The van der Waals surface area contributed by atoms with E-state index in [2.05, 4.69) is 23.8 Å². The third-order valence-electron chi connectivity index (χ3n) is 3.19. The van der Waals surface area contributed by atoms with Crippen LogP contribution < -0.4 is 0 Å². The molecular weight excluding hydrogens is 240 g/mol. The lowest BCUT2D eigenvalue weighted by molar-refractivity contribution is -0.732. The van der Waals surface area contributed by atoms with Crippen LogP contribution in [-0.4, -0.2) is 39.4 Å². The molecule has 17 heavy (non-hydrogen) atoms. The van der Waals surface area contributed by atoms with Gasteiger partial charge in [-0.2, -0.15) is 4.99 Å². The fraction of sp³-hybridized carbons (Fsp3) is 0.545. The number of halogens is 1. The molecule has 1 aromatic rings. The van der Waals surface area contributed by atoms with E-state index < -0.39 is 0 Å². The molecule has 5 nitrogen and oxygen atoms in total. The predicted octanol–water partition coefficient (Wildman–Crippen LogP) is 2.19. The standard InChI is InChI=1S/C11H16ClN4O/c1-4-8(2)5-16(3)7-14-10-9(11(16)17)13-6-15(10)12/h6-8H,4-5H2,1-3H3/q+1. The molecule has 1 amide bonds. The van der Waals surface area contributed by atoms with E-state index in [9.17, 15) is 4.79 Å². The second-order valence-electron chi connectivity index (χ2n) is 4.74. The number of imidazole rings is 1. The van der Waals surface area contributed by atoms with Gasteiger partial charge in [-0.3, -0.25) is 0 Å². The Kier molecular flexibility index (Phi) is 3.05. The fourth-order valence-electron chi connectivity index (χ4n) is 1.97. The van der Waals surface area contributed by atoms with Crippen molar-refractivity contribution in [2.45, 2.75) is 20.3 Å². The van der Waals surface area contributed by atoms with Gasteiger partial charge in [-0.05, 0) is 6.42 Å². The molecule has 0 bridgehead atoms. The van der Waals surface area contributed by atoms with Crippen LogP contribution in [0.1, 0.15) is 30.8 Å². The van der Waals surface area contributed by atoms with Crippen molar-refractivity contribution in [3.05, 3.63) is 12.0 Å². The van der Waals surface area contributed by atoms with Crippen molar-refractivity contribution in [1.29, 1.82) is 0 Å². The van der Waals surface area contributed by atoms with E-state index >= 15 is 0 Å². The zero-order valence-electron chi connectivity index (χ0n) is 10.2. The Morgan fingerprint density at radius 2 is 2.29 bits per heavy atom. The number of amides is 1. The molecule has 0 N–H and O–H groups in total. The van der Waals surface area contributed by atoms with E-state index in [1.54, 1.807) is 6.34 Å². The van der Waals surface area contributed by atoms with Gasteiger partial charge < -0.3 is 0 Å². The van der Waals surface area contributed by atoms with Crippen molar-refractivity contribution in [3.8, 4) is 0 Å². The number of rotatable bonds is 3. The Balaban J connectivity index is 2.34. The van der Waals surface area contributed by atoms with Crippen LogP contribution in [0.2, 0.25) is 0 Å². The van der Waals surface area contributed by atoms with Crippen LogP contribution in [0.3, 0.4) is 0 Å². The van der Waals surface area contributed by atoms with Crippen LogP contribution in [0, 0.1) is 5.92 Å². The van der Waals surface area contributed by atoms with Crippen molar-refractivity contribution < 1.29 is 9.28 Å². The molecule has 1 aliphatic rings. The summed E-state index contributed by atoms with van der Waals surface area (Å²) >= 11 is 5.83. The van der Waals surface area contributed by atoms with Crippen LogP contribution in [0.5, 0.6) is 0 Å². The molecule has 0 aromatic carbocycles. The van der Waals surface area contributed by atoms with Crippen molar-refractivity contribution >= 4 is 29.8 Å². The Hall–Kier alpha value is -1.20. The van der Waals surface area contributed by atoms with E-state index in [-0.39, 0.29) is 10.4 Å². The van der Waals surface area contributed by atoms with Crippen molar-refractivity contribution in [2.75, 3.05) is 13.6 Å². The summed E-state index contributed by atoms with van der Waals surface area (Å²) in [6, 6.07) is 0. The van der Waals surface area contributed by atoms with Crippen LogP contribution in [0.25, 0.3) is 0 Å². The first-order valence-corrected chi connectivity index (χ1v) is 6.00. The second kappa shape index (κ2) is 4.23. The lowest BCUT2D eigenvalue weighted by atomic mass is 10.1. The normalized spacial score (nSPS) is 24.8. The quantitative estimate of drug-likeness (QED) is 0.778. The lowest BCUT2D eigenvalue weighted by Crippen LogP contribution is -2.52. The molecule has 1 aromatic heterocycles. The largest absolute Gasteiger partial charge is 0.374 e. The minimum absolute atomic E-state index is 0.0466. The van der Waals surface area contributed by atoms with Crippen LogP contribution in [0.15, 0.2) is 11.3 Å². The number of aromatic nitrogens is 2. The van der Waals surface area contributed by atoms with Crippen molar-refractivity contribution in [3.63, 3.8) is 0 Å². The molecule has 92 valence electrons. The van der Waals surface area contributed by atoms with Gasteiger partial charge in [-0.1, -0.05) is 13.8 Å². The maximum atomic E-state index is 12.3. The summed E-state index contributed by atoms with van der Waals surface area (Å²) in [5, 5.41) is 0. The van der Waals surface area contributed by atoms with Gasteiger partial charge in [-0.25, -0.2) is 18.3 Å². The molecule has 2 atom stereocenters. The summed E-state index contributed by atoms with van der Waals surface area (Å²) in [6.45, 7) is 4.97. The number of carbonyl (C=O) groups is 1. The SMILES string of the molecule is CCC(C)C[N+]1(C)C=Nc2c(ncn2Cl)C1=O. The van der Waals surface area contributed by atoms with Gasteiger partial charge in [0.2, 0.25) is 5.69 Å². The van der Waals surface area contributed by atoms with E-state index in [1.165, 1.54) is 10.4 Å². The van der Waals surface area contributed by atoms with E-state index in [0.717, 1.165) is 13.0 Å². The Morgan fingerprint density at radius 1 is 1.59 bits per heavy atom. The van der Waals surface area contributed by atoms with Crippen LogP contribution >= 0.6 is 11.8 Å². The highest BCUT2D eigenvalue weighted by Gasteiger charge is 2.40. The van der Waals surface area contributed by atoms with Crippen molar-refractivity contribution in [2.24, 2.45) is 10.9 Å². The Morgan fingerprint density at radius 3 is 2.94 bits per heavy atom. The summed E-state index contributed by atoms with van der Waals surface area (Å²) in [5.41, 5.74) is 0.355. The average Bonchev–Trinajstić information content (AvgIpc) is 2.66. The molecule has 0 spiro atoms. The molecule has 2 heterocycles. The molecular formula is C11H16ClN4O+. The molecule has 0 saturated carbocycles. The molecule has 6 heteroatoms. The van der Waals surface area contributed by atoms with Gasteiger partial charge in [0.05, 0.1) is 13.6 Å². The summed E-state index contributed by atoms with van der Waals surface area (Å²) in [5.74, 6) is 0.834. The molecule has 2 unspecified atom stereocenters. The second-order valence-corrected chi connectivity index (χ2v) is 5.11. The molecule has 2 rings (SSSR count). The van der Waals surface area contributed by atoms with Gasteiger partial charge in [0.1, 0.15) is 6.33 Å². The Labute approximate surface area is 105 Å². The summed E-state index contributed by atoms with van der Waals surface area (Å²) in [4.78, 5) is 20.6. The zero-order valence-corrected chi connectivity index (χ0v) is 11.0. The van der Waals surface area contributed by atoms with Gasteiger partial charge >= 0.3 is 5.91 Å². The third-order valence-corrected chi connectivity index (χ3v) is 3.44. The van der Waals surface area contributed by atoms with E-state index in [0.29, 0.717) is 17.4 Å². The molecule has 0 saturated heterocycles. The topological polar surface area (TPSA) is 47.2 Å². The predicted molar refractivity (Wildman–Crippen MR) is 66.5 cm³/mol. The minimum atomic E-state index is -0.0466. The highest BCUT2D eigenvalue weighted by molar-refractivity contribution is 6.18. The summed E-state index contributed by atoms with van der Waals surface area (Å²) in [7, 11) is 1.86. The molecule has 0 fully saturated rings. The number of quaternary nitrogens is 1. The molecule has 1 aliphatic heterocycles. The van der Waals surface area contributed by atoms with Gasteiger partial charge in [0, 0.05) is 17.7 Å². The zero-order chi connectivity index (χ0) is 12.6.